The highest BCUT2D eigenvalue weighted by Crippen LogP contribution is 2.17. The zero-order chi connectivity index (χ0) is 15.5. The van der Waals surface area contributed by atoms with Crippen molar-refractivity contribution < 1.29 is 9.84 Å². The van der Waals surface area contributed by atoms with Gasteiger partial charge in [0.05, 0.1) is 19.3 Å². The van der Waals surface area contributed by atoms with E-state index in [1.807, 2.05) is 24.3 Å². The van der Waals surface area contributed by atoms with E-state index in [2.05, 4.69) is 31.0 Å². The van der Waals surface area contributed by atoms with Crippen LogP contribution in [0.2, 0.25) is 0 Å². The smallest absolute Gasteiger partial charge is 0.119 e. The summed E-state index contributed by atoms with van der Waals surface area (Å²) in [7, 11) is 0. The van der Waals surface area contributed by atoms with Crippen LogP contribution in [0.3, 0.4) is 0 Å². The molecule has 1 aromatic rings. The van der Waals surface area contributed by atoms with Crippen molar-refractivity contribution in [3.8, 4) is 5.75 Å². The van der Waals surface area contributed by atoms with Gasteiger partial charge in [0.25, 0.3) is 0 Å². The standard InChI is InChI=1S/C17H30N2O2/c1-4-13-21-16-9-7-15(8-10-16)17(14-20)18-11-12-19(5-2)6-3/h7-10,17-18,20H,4-6,11-14H2,1-3H3. The molecule has 0 heterocycles. The van der Waals surface area contributed by atoms with Crippen LogP contribution < -0.4 is 10.1 Å². The molecule has 0 fully saturated rings. The molecule has 0 bridgehead atoms. The molecule has 0 aromatic heterocycles. The van der Waals surface area contributed by atoms with Crippen molar-refractivity contribution >= 4 is 0 Å². The fourth-order valence-corrected chi connectivity index (χ4v) is 2.24. The minimum absolute atomic E-state index is 0.0132. The van der Waals surface area contributed by atoms with Gasteiger partial charge in [-0.1, -0.05) is 32.9 Å². The molecule has 1 atom stereocenters. The average molecular weight is 294 g/mol. The number of hydrogen-bond donors (Lipinski definition) is 2. The zero-order valence-corrected chi connectivity index (χ0v) is 13.6. The number of benzene rings is 1. The van der Waals surface area contributed by atoms with Crippen LogP contribution in [0.15, 0.2) is 24.3 Å². The van der Waals surface area contributed by atoms with Crippen LogP contribution >= 0.6 is 0 Å². The third-order valence-corrected chi connectivity index (χ3v) is 3.65. The normalized spacial score (nSPS) is 12.6. The van der Waals surface area contributed by atoms with E-state index in [9.17, 15) is 5.11 Å². The first kappa shape index (κ1) is 18.0. The predicted octanol–water partition coefficient (Wildman–Crippen LogP) is 2.44. The molecule has 0 aliphatic carbocycles. The highest BCUT2D eigenvalue weighted by atomic mass is 16.5. The molecule has 0 aliphatic rings. The van der Waals surface area contributed by atoms with Gasteiger partial charge in [0.15, 0.2) is 0 Å². The number of nitrogens with one attached hydrogen (secondary N) is 1. The van der Waals surface area contributed by atoms with E-state index in [1.165, 1.54) is 0 Å². The first-order valence-electron chi connectivity index (χ1n) is 8.04. The SMILES string of the molecule is CCCOc1ccc(C(CO)NCCN(CC)CC)cc1. The van der Waals surface area contributed by atoms with Gasteiger partial charge < -0.3 is 20.1 Å². The summed E-state index contributed by atoms with van der Waals surface area (Å²) in [6.45, 7) is 11.3. The van der Waals surface area contributed by atoms with E-state index < -0.39 is 0 Å². The van der Waals surface area contributed by atoms with Crippen LogP contribution in [0.1, 0.15) is 38.8 Å². The largest absolute Gasteiger partial charge is 0.494 e. The lowest BCUT2D eigenvalue weighted by molar-refractivity contribution is 0.233. The monoisotopic (exact) mass is 294 g/mol. The molecule has 1 unspecified atom stereocenters. The van der Waals surface area contributed by atoms with Crippen LogP contribution in [0.4, 0.5) is 0 Å². The van der Waals surface area contributed by atoms with Crippen LogP contribution in [0.5, 0.6) is 5.75 Å². The Kier molecular flexibility index (Phi) is 9.06. The van der Waals surface area contributed by atoms with Gasteiger partial charge in [-0.05, 0) is 37.2 Å². The summed E-state index contributed by atoms with van der Waals surface area (Å²) in [6.07, 6.45) is 1.01. The molecular weight excluding hydrogens is 264 g/mol. The third kappa shape index (κ3) is 6.46. The summed E-state index contributed by atoms with van der Waals surface area (Å²) in [5, 5.41) is 13.0. The van der Waals surface area contributed by atoms with Gasteiger partial charge in [-0.3, -0.25) is 0 Å². The summed E-state index contributed by atoms with van der Waals surface area (Å²) in [6, 6.07) is 7.98. The molecule has 4 nitrogen and oxygen atoms in total. The minimum atomic E-state index is -0.0132. The van der Waals surface area contributed by atoms with Crippen molar-refractivity contribution in [2.45, 2.75) is 33.2 Å². The van der Waals surface area contributed by atoms with Gasteiger partial charge in [-0.15, -0.1) is 0 Å². The van der Waals surface area contributed by atoms with Gasteiger partial charge in [0, 0.05) is 13.1 Å². The molecule has 0 spiro atoms. The molecule has 0 aliphatic heterocycles. The highest BCUT2D eigenvalue weighted by molar-refractivity contribution is 5.29. The van der Waals surface area contributed by atoms with Gasteiger partial charge in [0.2, 0.25) is 0 Å². The van der Waals surface area contributed by atoms with E-state index in [1.54, 1.807) is 0 Å². The maximum absolute atomic E-state index is 9.56. The Morgan fingerprint density at radius 1 is 1.14 bits per heavy atom. The van der Waals surface area contributed by atoms with Crippen molar-refractivity contribution in [1.82, 2.24) is 10.2 Å². The molecule has 120 valence electrons. The van der Waals surface area contributed by atoms with Crippen LogP contribution in [-0.4, -0.2) is 49.4 Å². The Hall–Kier alpha value is -1.10. The Balaban J connectivity index is 2.47. The molecule has 21 heavy (non-hydrogen) atoms. The second-order valence-electron chi connectivity index (χ2n) is 5.13. The van der Waals surface area contributed by atoms with Crippen LogP contribution in [0, 0.1) is 0 Å². The van der Waals surface area contributed by atoms with Crippen molar-refractivity contribution in [3.05, 3.63) is 29.8 Å². The Bertz CT molecular complexity index is 364. The fraction of sp³-hybridized carbons (Fsp3) is 0.647. The van der Waals surface area contributed by atoms with E-state index in [4.69, 9.17) is 4.74 Å². The van der Waals surface area contributed by atoms with Gasteiger partial charge in [-0.25, -0.2) is 0 Å². The van der Waals surface area contributed by atoms with Crippen molar-refractivity contribution in [1.29, 1.82) is 0 Å². The number of aliphatic hydroxyl groups excluding tert-OH is 1. The molecule has 0 radical (unpaired) electrons. The lowest BCUT2D eigenvalue weighted by atomic mass is 10.1. The molecule has 0 saturated carbocycles. The van der Waals surface area contributed by atoms with E-state index in [0.717, 1.165) is 50.5 Å². The summed E-state index contributed by atoms with van der Waals surface area (Å²) >= 11 is 0. The number of rotatable bonds is 11. The first-order chi connectivity index (χ1) is 10.2. The summed E-state index contributed by atoms with van der Waals surface area (Å²) in [5.74, 6) is 0.889. The molecule has 2 N–H and O–H groups in total. The van der Waals surface area contributed by atoms with Gasteiger partial charge in [-0.2, -0.15) is 0 Å². The quantitative estimate of drug-likeness (QED) is 0.658. The second-order valence-corrected chi connectivity index (χ2v) is 5.13. The molecule has 1 aromatic carbocycles. The molecular formula is C17H30N2O2. The van der Waals surface area contributed by atoms with Crippen molar-refractivity contribution in [3.63, 3.8) is 0 Å². The van der Waals surface area contributed by atoms with Gasteiger partial charge in [0.1, 0.15) is 5.75 Å². The summed E-state index contributed by atoms with van der Waals surface area (Å²) in [4.78, 5) is 2.36. The molecule has 0 saturated heterocycles. The van der Waals surface area contributed by atoms with Crippen molar-refractivity contribution in [2.75, 3.05) is 39.4 Å². The van der Waals surface area contributed by atoms with Gasteiger partial charge >= 0.3 is 0 Å². The Morgan fingerprint density at radius 3 is 2.33 bits per heavy atom. The molecule has 0 amide bonds. The van der Waals surface area contributed by atoms with Crippen molar-refractivity contribution in [2.24, 2.45) is 0 Å². The first-order valence-corrected chi connectivity index (χ1v) is 8.04. The predicted molar refractivity (Wildman–Crippen MR) is 87.8 cm³/mol. The zero-order valence-electron chi connectivity index (χ0n) is 13.6. The Morgan fingerprint density at radius 2 is 1.81 bits per heavy atom. The topological polar surface area (TPSA) is 44.7 Å². The number of ether oxygens (including phenoxy) is 1. The van der Waals surface area contributed by atoms with Crippen LogP contribution in [0.25, 0.3) is 0 Å². The van der Waals surface area contributed by atoms with E-state index >= 15 is 0 Å². The molecule has 1 rings (SSSR count). The lowest BCUT2D eigenvalue weighted by Crippen LogP contribution is -2.34. The van der Waals surface area contributed by atoms with Crippen LogP contribution in [-0.2, 0) is 0 Å². The van der Waals surface area contributed by atoms with E-state index in [0.29, 0.717) is 0 Å². The maximum Gasteiger partial charge on any atom is 0.119 e. The summed E-state index contributed by atoms with van der Waals surface area (Å²) in [5.41, 5.74) is 1.10. The third-order valence-electron chi connectivity index (χ3n) is 3.65. The second kappa shape index (κ2) is 10.6. The number of nitrogens with zero attached hydrogens (tertiary/aromatic N) is 1. The fourth-order valence-electron chi connectivity index (χ4n) is 2.24. The molecule has 4 heteroatoms. The highest BCUT2D eigenvalue weighted by Gasteiger charge is 2.10. The maximum atomic E-state index is 9.56. The average Bonchev–Trinajstić information content (AvgIpc) is 2.54. The summed E-state index contributed by atoms with van der Waals surface area (Å²) < 4.78 is 5.58. The number of likely N-dealkylation sites (N-methyl/N-ethyl adjacent to an activating group) is 1. The minimum Gasteiger partial charge on any atom is -0.494 e. The lowest BCUT2D eigenvalue weighted by Gasteiger charge is -2.21. The number of hydrogen-bond acceptors (Lipinski definition) is 4. The number of aliphatic hydroxyl groups is 1. The Labute approximate surface area is 129 Å². The van der Waals surface area contributed by atoms with E-state index in [-0.39, 0.29) is 12.6 Å².